The lowest BCUT2D eigenvalue weighted by Crippen LogP contribution is -2.35. The molecule has 0 saturated carbocycles. The molecule has 0 radical (unpaired) electrons. The monoisotopic (exact) mass is 449 g/mol. The highest BCUT2D eigenvalue weighted by molar-refractivity contribution is 5.98. The van der Waals surface area contributed by atoms with Gasteiger partial charge in [-0.3, -0.25) is 4.79 Å². The molecule has 1 N–H and O–H groups in total. The molecule has 0 saturated heterocycles. The van der Waals surface area contributed by atoms with E-state index in [1.807, 2.05) is 24.8 Å². The van der Waals surface area contributed by atoms with Crippen molar-refractivity contribution in [2.45, 2.75) is 59.6 Å². The molecule has 2 aromatic rings. The number of aryl methyl sites for hydroxylation is 1. The summed E-state index contributed by atoms with van der Waals surface area (Å²) in [5.74, 6) is 0.162. The number of carbonyl (C=O) groups excluding carboxylic acids is 2. The second kappa shape index (κ2) is 9.30. The van der Waals surface area contributed by atoms with Gasteiger partial charge >= 0.3 is 5.97 Å². The Kier molecular flexibility index (Phi) is 6.45. The maximum absolute atomic E-state index is 12.8. The first-order valence-electron chi connectivity index (χ1n) is 11.4. The molecule has 0 spiro atoms. The topological polar surface area (TPSA) is 76.1 Å². The van der Waals surface area contributed by atoms with E-state index in [-0.39, 0.29) is 23.8 Å². The Bertz CT molecular complexity index is 1150. The first-order chi connectivity index (χ1) is 15.8. The highest BCUT2D eigenvalue weighted by atomic mass is 16.5. The molecule has 0 unspecified atom stereocenters. The number of fused-ring (bicyclic) bond motifs is 2. The molecule has 2 heterocycles. The van der Waals surface area contributed by atoms with Crippen LogP contribution in [0.25, 0.3) is 0 Å². The van der Waals surface area contributed by atoms with Crippen molar-refractivity contribution < 1.29 is 24.2 Å². The van der Waals surface area contributed by atoms with E-state index in [2.05, 4.69) is 25.1 Å². The van der Waals surface area contributed by atoms with Crippen molar-refractivity contribution in [2.75, 3.05) is 13.7 Å². The van der Waals surface area contributed by atoms with Gasteiger partial charge in [-0.25, -0.2) is 4.79 Å². The SMILES string of the molecule is COc1c(C)c2c(c(O)c1C/C=C(\C)CCC(=O)N1CCc3ccc(C)cc3C1)C(=O)OC2. The zero-order valence-electron chi connectivity index (χ0n) is 19.8. The van der Waals surface area contributed by atoms with Crippen LogP contribution in [0.3, 0.4) is 0 Å². The van der Waals surface area contributed by atoms with E-state index in [0.717, 1.165) is 24.1 Å². The van der Waals surface area contributed by atoms with E-state index in [1.54, 1.807) is 7.11 Å². The second-order valence-electron chi connectivity index (χ2n) is 9.01. The predicted molar refractivity (Wildman–Crippen MR) is 126 cm³/mol. The van der Waals surface area contributed by atoms with Crippen molar-refractivity contribution in [2.24, 2.45) is 0 Å². The Hall–Kier alpha value is -3.28. The average Bonchev–Trinajstić information content (AvgIpc) is 3.20. The van der Waals surface area contributed by atoms with Gasteiger partial charge in [-0.15, -0.1) is 0 Å². The van der Waals surface area contributed by atoms with Gasteiger partial charge in [-0.1, -0.05) is 35.4 Å². The molecule has 33 heavy (non-hydrogen) atoms. The Morgan fingerprint density at radius 3 is 2.79 bits per heavy atom. The van der Waals surface area contributed by atoms with Gasteiger partial charge in [0.1, 0.15) is 23.7 Å². The van der Waals surface area contributed by atoms with Crippen LogP contribution in [-0.2, 0) is 35.5 Å². The van der Waals surface area contributed by atoms with Crippen LogP contribution in [0, 0.1) is 13.8 Å². The summed E-state index contributed by atoms with van der Waals surface area (Å²) in [4.78, 5) is 26.8. The highest BCUT2D eigenvalue weighted by Gasteiger charge is 2.31. The van der Waals surface area contributed by atoms with E-state index in [0.29, 0.717) is 42.7 Å². The van der Waals surface area contributed by atoms with Gasteiger partial charge in [0.2, 0.25) is 5.91 Å². The number of hydrogen-bond donors (Lipinski definition) is 1. The lowest BCUT2D eigenvalue weighted by molar-refractivity contribution is -0.132. The Morgan fingerprint density at radius 2 is 2.03 bits per heavy atom. The molecule has 0 fully saturated rings. The summed E-state index contributed by atoms with van der Waals surface area (Å²) < 4.78 is 10.7. The number of phenolic OH excluding ortho intramolecular Hbond substituents is 1. The number of allylic oxidation sites excluding steroid dienone is 2. The number of aromatic hydroxyl groups is 1. The van der Waals surface area contributed by atoms with Gasteiger partial charge in [-0.2, -0.15) is 0 Å². The fourth-order valence-electron chi connectivity index (χ4n) is 4.77. The van der Waals surface area contributed by atoms with Crippen LogP contribution in [0.5, 0.6) is 11.5 Å². The van der Waals surface area contributed by atoms with Crippen molar-refractivity contribution in [3.8, 4) is 11.5 Å². The lowest BCUT2D eigenvalue weighted by Gasteiger charge is -2.29. The third-order valence-corrected chi connectivity index (χ3v) is 6.76. The number of esters is 1. The molecule has 0 aromatic heterocycles. The number of nitrogens with zero attached hydrogens (tertiary/aromatic N) is 1. The summed E-state index contributed by atoms with van der Waals surface area (Å²) in [6.07, 6.45) is 4.39. The first kappa shape index (κ1) is 22.9. The number of carbonyl (C=O) groups is 2. The van der Waals surface area contributed by atoms with Crippen molar-refractivity contribution in [3.63, 3.8) is 0 Å². The summed E-state index contributed by atoms with van der Waals surface area (Å²) in [7, 11) is 1.56. The van der Waals surface area contributed by atoms with Crippen molar-refractivity contribution in [1.82, 2.24) is 4.90 Å². The first-order valence-corrected chi connectivity index (χ1v) is 11.4. The van der Waals surface area contributed by atoms with Crippen LogP contribution in [-0.4, -0.2) is 35.5 Å². The Morgan fingerprint density at radius 1 is 1.24 bits per heavy atom. The lowest BCUT2D eigenvalue weighted by atomic mass is 9.94. The predicted octanol–water partition coefficient (Wildman–Crippen LogP) is 4.54. The molecule has 2 aliphatic rings. The summed E-state index contributed by atoms with van der Waals surface area (Å²) in [5.41, 5.74) is 7.16. The standard InChI is InChI=1S/C27H31NO5/c1-16(7-10-23(29)28-12-11-19-8-5-17(2)13-20(19)14-28)6-9-21-25(30)24-22(15-33-27(24)31)18(3)26(21)32-4/h5-6,8,13,30H,7,9-12,14-15H2,1-4H3/b16-6+. The zero-order valence-corrected chi connectivity index (χ0v) is 19.8. The van der Waals surface area contributed by atoms with Gasteiger partial charge in [0.15, 0.2) is 0 Å². The van der Waals surface area contributed by atoms with Crippen LogP contribution >= 0.6 is 0 Å². The van der Waals surface area contributed by atoms with Gasteiger partial charge in [-0.05, 0) is 56.7 Å². The van der Waals surface area contributed by atoms with E-state index in [9.17, 15) is 14.7 Å². The third kappa shape index (κ3) is 4.47. The maximum atomic E-state index is 12.8. The van der Waals surface area contributed by atoms with Gasteiger partial charge in [0.25, 0.3) is 0 Å². The van der Waals surface area contributed by atoms with Gasteiger partial charge in [0.05, 0.1) is 7.11 Å². The van der Waals surface area contributed by atoms with E-state index in [1.165, 1.54) is 16.7 Å². The smallest absolute Gasteiger partial charge is 0.342 e. The minimum Gasteiger partial charge on any atom is -0.507 e. The number of cyclic esters (lactones) is 1. The molecule has 0 atom stereocenters. The number of methoxy groups -OCH3 is 1. The van der Waals surface area contributed by atoms with Crippen LogP contribution in [0.1, 0.15) is 63.5 Å². The summed E-state index contributed by atoms with van der Waals surface area (Å²) in [6, 6.07) is 6.47. The summed E-state index contributed by atoms with van der Waals surface area (Å²) in [6.45, 7) is 7.52. The molecular weight excluding hydrogens is 418 g/mol. The highest BCUT2D eigenvalue weighted by Crippen LogP contribution is 2.42. The average molecular weight is 450 g/mol. The normalized spacial score (nSPS) is 15.2. The minimum atomic E-state index is -0.501. The van der Waals surface area contributed by atoms with Gasteiger partial charge < -0.3 is 19.5 Å². The van der Waals surface area contributed by atoms with E-state index >= 15 is 0 Å². The number of phenols is 1. The molecule has 2 aromatic carbocycles. The molecule has 174 valence electrons. The molecule has 0 bridgehead atoms. The molecular formula is C27H31NO5. The molecule has 0 aliphatic carbocycles. The molecule has 6 heteroatoms. The second-order valence-corrected chi connectivity index (χ2v) is 9.01. The Labute approximate surface area is 194 Å². The van der Waals surface area contributed by atoms with Crippen LogP contribution in [0.15, 0.2) is 29.8 Å². The summed E-state index contributed by atoms with van der Waals surface area (Å²) >= 11 is 0. The Balaban J connectivity index is 1.42. The van der Waals surface area contributed by atoms with E-state index < -0.39 is 5.97 Å². The quantitative estimate of drug-likeness (QED) is 0.518. The number of hydrogen-bond acceptors (Lipinski definition) is 5. The van der Waals surface area contributed by atoms with Crippen LogP contribution in [0.4, 0.5) is 0 Å². The summed E-state index contributed by atoms with van der Waals surface area (Å²) in [5, 5.41) is 10.7. The van der Waals surface area contributed by atoms with E-state index in [4.69, 9.17) is 9.47 Å². The minimum absolute atomic E-state index is 0.0719. The number of amides is 1. The van der Waals surface area contributed by atoms with Crippen molar-refractivity contribution >= 4 is 11.9 Å². The molecule has 1 amide bonds. The molecule has 6 nitrogen and oxygen atoms in total. The fourth-order valence-corrected chi connectivity index (χ4v) is 4.77. The van der Waals surface area contributed by atoms with Gasteiger partial charge in [0, 0.05) is 30.6 Å². The fraction of sp³-hybridized carbons (Fsp3) is 0.407. The third-order valence-electron chi connectivity index (χ3n) is 6.76. The van der Waals surface area contributed by atoms with Crippen LogP contribution in [0.2, 0.25) is 0 Å². The molecule has 4 rings (SSSR count). The largest absolute Gasteiger partial charge is 0.507 e. The maximum Gasteiger partial charge on any atom is 0.342 e. The van der Waals surface area contributed by atoms with Crippen molar-refractivity contribution in [3.05, 3.63) is 68.8 Å². The number of rotatable bonds is 6. The number of benzene rings is 2. The zero-order chi connectivity index (χ0) is 23.7. The van der Waals surface area contributed by atoms with Crippen LogP contribution < -0.4 is 4.74 Å². The molecule has 2 aliphatic heterocycles. The number of ether oxygens (including phenoxy) is 2. The van der Waals surface area contributed by atoms with Crippen molar-refractivity contribution in [1.29, 1.82) is 0 Å².